The zero-order valence-corrected chi connectivity index (χ0v) is 20.6. The monoisotopic (exact) mass is 440 g/mol. The summed E-state index contributed by atoms with van der Waals surface area (Å²) in [5.74, 6) is 0. The number of aryl methyl sites for hydroxylation is 1. The summed E-state index contributed by atoms with van der Waals surface area (Å²) < 4.78 is 32.2. The Labute approximate surface area is 192 Å². The van der Waals surface area contributed by atoms with E-state index in [-0.39, 0.29) is 35.9 Å². The molecule has 1 aromatic heterocycles. The SMILES string of the molecule is CCCCCCCCc1ssc(=S)c1Cc1ccc(S(=O)(=O)O)cc1.[H-].[Na+]. The molecule has 0 aliphatic rings. The van der Waals surface area contributed by atoms with Gasteiger partial charge < -0.3 is 1.43 Å². The molecule has 2 rings (SSSR count). The van der Waals surface area contributed by atoms with E-state index in [1.807, 2.05) is 0 Å². The summed E-state index contributed by atoms with van der Waals surface area (Å²) in [4.78, 5) is 1.29. The van der Waals surface area contributed by atoms with Gasteiger partial charge in [-0.2, -0.15) is 8.42 Å². The van der Waals surface area contributed by atoms with Crippen LogP contribution in [-0.2, 0) is 23.0 Å². The van der Waals surface area contributed by atoms with Crippen LogP contribution in [0.3, 0.4) is 0 Å². The molecule has 0 unspecified atom stereocenters. The van der Waals surface area contributed by atoms with Crippen LogP contribution in [0.1, 0.15) is 62.9 Å². The Balaban J connectivity index is 0.00000338. The van der Waals surface area contributed by atoms with Gasteiger partial charge in [-0.3, -0.25) is 4.55 Å². The van der Waals surface area contributed by atoms with Crippen molar-refractivity contribution in [3.63, 3.8) is 0 Å². The molecule has 0 aliphatic carbocycles. The Morgan fingerprint density at radius 1 is 1.04 bits per heavy atom. The van der Waals surface area contributed by atoms with Gasteiger partial charge in [-0.15, -0.1) is 0 Å². The van der Waals surface area contributed by atoms with Crippen LogP contribution >= 0.6 is 32.9 Å². The van der Waals surface area contributed by atoms with Gasteiger partial charge in [0.15, 0.2) is 0 Å². The predicted molar refractivity (Wildman–Crippen MR) is 110 cm³/mol. The average Bonchev–Trinajstić information content (AvgIpc) is 2.91. The molecule has 0 aliphatic heterocycles. The van der Waals surface area contributed by atoms with Gasteiger partial charge in [-0.25, -0.2) is 0 Å². The molecule has 1 N–H and O–H groups in total. The predicted octanol–water partition coefficient (Wildman–Crippen LogP) is 3.40. The fourth-order valence-electron chi connectivity index (χ4n) is 2.72. The minimum atomic E-state index is -4.14. The molecule has 2 aromatic rings. The van der Waals surface area contributed by atoms with Gasteiger partial charge in [0.05, 0.1) is 4.90 Å². The van der Waals surface area contributed by atoms with E-state index >= 15 is 0 Å². The maximum Gasteiger partial charge on any atom is 1.00 e. The van der Waals surface area contributed by atoms with E-state index in [1.165, 1.54) is 61.1 Å². The Hall–Kier alpha value is 0.400. The van der Waals surface area contributed by atoms with Crippen molar-refractivity contribution in [3.05, 3.63) is 44.1 Å². The summed E-state index contributed by atoms with van der Waals surface area (Å²) in [7, 11) is -0.713. The first-order valence-corrected chi connectivity index (χ1v) is 12.6. The van der Waals surface area contributed by atoms with Crippen molar-refractivity contribution >= 4 is 43.0 Å². The molecule has 140 valence electrons. The third-order valence-electron chi connectivity index (χ3n) is 4.16. The zero-order chi connectivity index (χ0) is 18.3. The van der Waals surface area contributed by atoms with Crippen LogP contribution in [0.4, 0.5) is 0 Å². The van der Waals surface area contributed by atoms with Crippen LogP contribution < -0.4 is 29.6 Å². The maximum absolute atomic E-state index is 11.1. The van der Waals surface area contributed by atoms with E-state index in [0.29, 0.717) is 0 Å². The molecular weight excluding hydrogens is 415 g/mol. The number of rotatable bonds is 10. The molecule has 26 heavy (non-hydrogen) atoms. The molecule has 0 bridgehead atoms. The minimum absolute atomic E-state index is 0. The van der Waals surface area contributed by atoms with Gasteiger partial charge in [0.25, 0.3) is 10.1 Å². The van der Waals surface area contributed by atoms with Crippen molar-refractivity contribution in [2.75, 3.05) is 0 Å². The second-order valence-corrected chi connectivity index (χ2v) is 10.5. The second-order valence-electron chi connectivity index (χ2n) is 6.17. The molecule has 1 aromatic carbocycles. The maximum atomic E-state index is 11.1. The van der Waals surface area contributed by atoms with Gasteiger partial charge >= 0.3 is 29.6 Å². The normalized spacial score (nSPS) is 11.3. The molecule has 0 saturated carbocycles. The van der Waals surface area contributed by atoms with Gasteiger partial charge in [-0.05, 0) is 36.1 Å². The molecule has 0 radical (unpaired) electrons. The molecule has 0 amide bonds. The van der Waals surface area contributed by atoms with Crippen LogP contribution in [-0.4, -0.2) is 13.0 Å². The first kappa shape index (κ1) is 24.4. The summed E-state index contributed by atoms with van der Waals surface area (Å²) in [6, 6.07) is 6.37. The Kier molecular flexibility index (Phi) is 11.3. The third-order valence-corrected chi connectivity index (χ3v) is 8.33. The summed E-state index contributed by atoms with van der Waals surface area (Å²) in [6.45, 7) is 2.23. The fraction of sp³-hybridized carbons (Fsp3) is 0.500. The molecule has 0 spiro atoms. The summed E-state index contributed by atoms with van der Waals surface area (Å²) >= 11 is 5.49. The van der Waals surface area contributed by atoms with E-state index in [1.54, 1.807) is 32.8 Å². The summed E-state index contributed by atoms with van der Waals surface area (Å²) in [6.07, 6.45) is 9.46. The molecule has 8 heteroatoms. The number of hydrogen-bond acceptors (Lipinski definition) is 5. The van der Waals surface area contributed by atoms with Crippen molar-refractivity contribution in [3.8, 4) is 0 Å². The fourth-order valence-corrected chi connectivity index (χ4v) is 6.18. The summed E-state index contributed by atoms with van der Waals surface area (Å²) in [5, 5.41) is 0. The van der Waals surface area contributed by atoms with Crippen LogP contribution in [0.25, 0.3) is 0 Å². The molecule has 3 nitrogen and oxygen atoms in total. The first-order valence-electron chi connectivity index (χ1n) is 8.59. The van der Waals surface area contributed by atoms with E-state index in [0.717, 1.165) is 22.2 Å². The van der Waals surface area contributed by atoms with Gasteiger partial charge in [0.2, 0.25) is 0 Å². The Morgan fingerprint density at radius 3 is 2.27 bits per heavy atom. The third kappa shape index (κ3) is 7.80. The quantitative estimate of drug-likeness (QED) is 0.202. The van der Waals surface area contributed by atoms with E-state index in [9.17, 15) is 8.42 Å². The largest absolute Gasteiger partial charge is 1.00 e. The van der Waals surface area contributed by atoms with Crippen LogP contribution in [0.5, 0.6) is 0 Å². The van der Waals surface area contributed by atoms with Crippen molar-refractivity contribution in [1.82, 2.24) is 0 Å². The molecular formula is C18H25NaO3S4. The van der Waals surface area contributed by atoms with Crippen molar-refractivity contribution in [1.29, 1.82) is 0 Å². The first-order chi connectivity index (χ1) is 11.9. The minimum Gasteiger partial charge on any atom is -1.00 e. The molecule has 1 heterocycles. The van der Waals surface area contributed by atoms with Crippen LogP contribution in [0.2, 0.25) is 0 Å². The average molecular weight is 441 g/mol. The van der Waals surface area contributed by atoms with Crippen molar-refractivity contribution in [2.45, 2.75) is 63.2 Å². The van der Waals surface area contributed by atoms with E-state index < -0.39 is 10.1 Å². The molecule has 0 fully saturated rings. The van der Waals surface area contributed by atoms with Gasteiger partial charge in [0, 0.05) is 11.3 Å². The number of hydrogen-bond donors (Lipinski definition) is 1. The van der Waals surface area contributed by atoms with Crippen molar-refractivity contribution < 1.29 is 44.0 Å². The van der Waals surface area contributed by atoms with Crippen LogP contribution in [0, 0.1) is 3.82 Å². The molecule has 0 saturated heterocycles. The van der Waals surface area contributed by atoms with E-state index in [4.69, 9.17) is 16.8 Å². The topological polar surface area (TPSA) is 54.4 Å². The Bertz CT molecular complexity index is 829. The Morgan fingerprint density at radius 2 is 1.65 bits per heavy atom. The van der Waals surface area contributed by atoms with Gasteiger partial charge in [0.1, 0.15) is 3.82 Å². The standard InChI is InChI=1S/C18H24O3S4.Na.H/c1-2-3-4-5-6-7-8-17-16(18(22)24-23-17)13-14-9-11-15(12-10-14)25(19,20)21;;/h9-12H,2-8,13H2,1H3,(H,19,20,21);;/q;+1;-1. The molecule has 0 atom stereocenters. The zero-order valence-electron chi connectivity index (χ0n) is 16.4. The second kappa shape index (κ2) is 12.1. The smallest absolute Gasteiger partial charge is 1.00 e. The summed E-state index contributed by atoms with van der Waals surface area (Å²) in [5.41, 5.74) is 2.21. The van der Waals surface area contributed by atoms with Crippen LogP contribution in [0.15, 0.2) is 29.2 Å². The van der Waals surface area contributed by atoms with Crippen molar-refractivity contribution in [2.24, 2.45) is 0 Å². The number of benzene rings is 1. The number of unbranched alkanes of at least 4 members (excludes halogenated alkanes) is 5. The van der Waals surface area contributed by atoms with Gasteiger partial charge in [-0.1, -0.05) is 84.1 Å². The van der Waals surface area contributed by atoms with E-state index in [2.05, 4.69) is 6.92 Å².